The van der Waals surface area contributed by atoms with E-state index in [0.717, 1.165) is 0 Å². The number of benzene rings is 2. The molecule has 8 heteroatoms. The van der Waals surface area contributed by atoms with E-state index in [1.54, 1.807) is 35.2 Å². The fraction of sp³-hybridized carbons (Fsp3) is 0.167. The average Bonchev–Trinajstić information content (AvgIpc) is 3.19. The Morgan fingerprint density at radius 2 is 2.04 bits per heavy atom. The summed E-state index contributed by atoms with van der Waals surface area (Å²) in [5.41, 5.74) is 2.33. The first-order valence-electron chi connectivity index (χ1n) is 7.78. The molecule has 1 aliphatic heterocycles. The van der Waals surface area contributed by atoms with Crippen LogP contribution in [0.1, 0.15) is 6.42 Å². The number of carbonyl (C=O) groups excluding carboxylic acids is 2. The lowest BCUT2D eigenvalue weighted by Crippen LogP contribution is -2.25. The SMILES string of the molecule is O=C(Cl)[C@@H]1CC(=O)N(c2cccc(-c3nc4cc(Cl)cc(Cl)c4o3)c2)C1. The van der Waals surface area contributed by atoms with Crippen LogP contribution in [0.2, 0.25) is 10.0 Å². The molecule has 0 bridgehead atoms. The van der Waals surface area contributed by atoms with Crippen LogP contribution in [0.25, 0.3) is 22.6 Å². The van der Waals surface area contributed by atoms with Crippen LogP contribution in [0.3, 0.4) is 0 Å². The van der Waals surface area contributed by atoms with E-state index in [2.05, 4.69) is 4.98 Å². The molecule has 1 amide bonds. The fourth-order valence-corrected chi connectivity index (χ4v) is 3.67. The molecule has 1 aliphatic rings. The second-order valence-electron chi connectivity index (χ2n) is 6.01. The van der Waals surface area contributed by atoms with E-state index in [0.29, 0.717) is 38.3 Å². The molecule has 1 atom stereocenters. The van der Waals surface area contributed by atoms with Crippen LogP contribution in [0.4, 0.5) is 5.69 Å². The highest BCUT2D eigenvalue weighted by atomic mass is 35.5. The first kappa shape index (κ1) is 17.3. The van der Waals surface area contributed by atoms with Crippen LogP contribution in [0, 0.1) is 5.92 Å². The minimum atomic E-state index is -0.498. The summed E-state index contributed by atoms with van der Waals surface area (Å²) in [5, 5.41) is 0.346. The molecule has 2 aromatic carbocycles. The second kappa shape index (κ2) is 6.58. The number of nitrogens with zero attached hydrogens (tertiary/aromatic N) is 2. The van der Waals surface area contributed by atoms with Gasteiger partial charge in [-0.15, -0.1) is 0 Å². The van der Waals surface area contributed by atoms with Gasteiger partial charge in [0.05, 0.1) is 10.9 Å². The van der Waals surface area contributed by atoms with Gasteiger partial charge in [0.1, 0.15) is 5.52 Å². The highest BCUT2D eigenvalue weighted by Crippen LogP contribution is 2.34. The lowest BCUT2D eigenvalue weighted by Gasteiger charge is -2.16. The van der Waals surface area contributed by atoms with E-state index in [9.17, 15) is 9.59 Å². The van der Waals surface area contributed by atoms with Gasteiger partial charge in [-0.25, -0.2) is 4.98 Å². The summed E-state index contributed by atoms with van der Waals surface area (Å²) in [6.45, 7) is 0.264. The molecule has 5 nitrogen and oxygen atoms in total. The second-order valence-corrected chi connectivity index (χ2v) is 7.23. The van der Waals surface area contributed by atoms with E-state index >= 15 is 0 Å². The minimum absolute atomic E-state index is 0.115. The first-order chi connectivity index (χ1) is 12.4. The number of halogens is 3. The smallest absolute Gasteiger partial charge is 0.227 e. The summed E-state index contributed by atoms with van der Waals surface area (Å²) in [6.07, 6.45) is 0.115. The number of aromatic nitrogens is 1. The molecule has 2 heterocycles. The Kier molecular flexibility index (Phi) is 4.39. The van der Waals surface area contributed by atoms with Crippen molar-refractivity contribution in [1.82, 2.24) is 4.98 Å². The van der Waals surface area contributed by atoms with Gasteiger partial charge in [-0.3, -0.25) is 9.59 Å². The molecule has 1 fully saturated rings. The third kappa shape index (κ3) is 3.07. The number of anilines is 1. The topological polar surface area (TPSA) is 63.4 Å². The van der Waals surface area contributed by atoms with Gasteiger partial charge < -0.3 is 9.32 Å². The molecule has 26 heavy (non-hydrogen) atoms. The van der Waals surface area contributed by atoms with Gasteiger partial charge in [0, 0.05) is 29.2 Å². The number of amides is 1. The number of carbonyl (C=O) groups is 2. The summed E-state index contributed by atoms with van der Waals surface area (Å²) >= 11 is 17.7. The molecule has 3 aromatic rings. The third-order valence-corrected chi connectivity index (χ3v) is 5.07. The number of rotatable bonds is 3. The van der Waals surface area contributed by atoms with Crippen molar-refractivity contribution in [3.8, 4) is 11.5 Å². The van der Waals surface area contributed by atoms with Crippen molar-refractivity contribution in [2.45, 2.75) is 6.42 Å². The van der Waals surface area contributed by atoms with Crippen molar-refractivity contribution in [2.24, 2.45) is 5.92 Å². The van der Waals surface area contributed by atoms with E-state index in [1.165, 1.54) is 0 Å². The molecule has 0 saturated carbocycles. The van der Waals surface area contributed by atoms with Gasteiger partial charge in [-0.1, -0.05) is 29.3 Å². The zero-order valence-corrected chi connectivity index (χ0v) is 15.5. The molecule has 132 valence electrons. The molecule has 0 aliphatic carbocycles. The molecule has 4 rings (SSSR count). The molecule has 1 aromatic heterocycles. The Morgan fingerprint density at radius 1 is 1.23 bits per heavy atom. The fourth-order valence-electron chi connectivity index (χ4n) is 3.00. The van der Waals surface area contributed by atoms with Gasteiger partial charge in [-0.2, -0.15) is 0 Å². The predicted molar refractivity (Wildman–Crippen MR) is 101 cm³/mol. The van der Waals surface area contributed by atoms with E-state index < -0.39 is 11.2 Å². The summed E-state index contributed by atoms with van der Waals surface area (Å²) in [6, 6.07) is 10.4. The zero-order chi connectivity index (χ0) is 18.4. The molecule has 0 spiro atoms. The number of hydrogen-bond donors (Lipinski definition) is 0. The molecular weight excluding hydrogens is 399 g/mol. The molecule has 0 N–H and O–H groups in total. The summed E-state index contributed by atoms with van der Waals surface area (Å²) < 4.78 is 5.76. The first-order valence-corrected chi connectivity index (χ1v) is 8.91. The van der Waals surface area contributed by atoms with Crippen LogP contribution in [-0.4, -0.2) is 22.7 Å². The molecule has 0 radical (unpaired) electrons. The maximum absolute atomic E-state index is 12.2. The van der Waals surface area contributed by atoms with Gasteiger partial charge in [-0.05, 0) is 41.9 Å². The normalized spacial score (nSPS) is 17.3. The Hall–Kier alpha value is -2.08. The Bertz CT molecular complexity index is 1050. The summed E-state index contributed by atoms with van der Waals surface area (Å²) in [7, 11) is 0. The van der Waals surface area contributed by atoms with E-state index in [-0.39, 0.29) is 18.9 Å². The van der Waals surface area contributed by atoms with Crippen LogP contribution < -0.4 is 4.90 Å². The monoisotopic (exact) mass is 408 g/mol. The van der Waals surface area contributed by atoms with Crippen molar-refractivity contribution in [3.63, 3.8) is 0 Å². The number of hydrogen-bond acceptors (Lipinski definition) is 4. The molecule has 1 saturated heterocycles. The summed E-state index contributed by atoms with van der Waals surface area (Å²) in [5.74, 6) is -0.269. The largest absolute Gasteiger partial charge is 0.435 e. The van der Waals surface area contributed by atoms with Crippen molar-refractivity contribution in [1.29, 1.82) is 0 Å². The highest BCUT2D eigenvalue weighted by Gasteiger charge is 2.34. The van der Waals surface area contributed by atoms with Crippen molar-refractivity contribution in [3.05, 3.63) is 46.4 Å². The number of oxazole rings is 1. The Labute approximate surface area is 163 Å². The Balaban J connectivity index is 1.71. The van der Waals surface area contributed by atoms with E-state index in [1.807, 2.05) is 6.07 Å². The lowest BCUT2D eigenvalue weighted by molar-refractivity contribution is -0.120. The van der Waals surface area contributed by atoms with Crippen LogP contribution in [-0.2, 0) is 9.59 Å². The van der Waals surface area contributed by atoms with Crippen LogP contribution in [0.15, 0.2) is 40.8 Å². The van der Waals surface area contributed by atoms with Crippen LogP contribution in [0.5, 0.6) is 0 Å². The highest BCUT2D eigenvalue weighted by molar-refractivity contribution is 6.64. The maximum atomic E-state index is 12.2. The van der Waals surface area contributed by atoms with E-state index in [4.69, 9.17) is 39.2 Å². The number of fused-ring (bicyclic) bond motifs is 1. The zero-order valence-electron chi connectivity index (χ0n) is 13.2. The Morgan fingerprint density at radius 3 is 2.77 bits per heavy atom. The average molecular weight is 410 g/mol. The van der Waals surface area contributed by atoms with Gasteiger partial charge in [0.2, 0.25) is 17.0 Å². The predicted octanol–water partition coefficient (Wildman–Crippen LogP) is 4.92. The molecule has 0 unspecified atom stereocenters. The summed E-state index contributed by atoms with van der Waals surface area (Å²) in [4.78, 5) is 29.5. The van der Waals surface area contributed by atoms with Crippen molar-refractivity contribution < 1.29 is 14.0 Å². The van der Waals surface area contributed by atoms with Crippen molar-refractivity contribution in [2.75, 3.05) is 11.4 Å². The third-order valence-electron chi connectivity index (χ3n) is 4.26. The maximum Gasteiger partial charge on any atom is 0.227 e. The van der Waals surface area contributed by atoms with Crippen molar-refractivity contribution >= 4 is 62.7 Å². The quantitative estimate of drug-likeness (QED) is 0.576. The molecular formula is C18H11Cl3N2O3. The lowest BCUT2D eigenvalue weighted by atomic mass is 10.1. The van der Waals surface area contributed by atoms with Crippen LogP contribution >= 0.6 is 34.8 Å². The standard InChI is InChI=1S/C18H11Cl3N2O3/c19-11-6-13(20)16-14(7-11)22-18(26-16)9-2-1-3-12(4-9)23-8-10(17(21)25)5-15(23)24/h1-4,6-7,10H,5,8H2/t10-/m1/s1. The van der Waals surface area contributed by atoms with Gasteiger partial charge >= 0.3 is 0 Å². The minimum Gasteiger partial charge on any atom is -0.435 e. The van der Waals surface area contributed by atoms with Gasteiger partial charge in [0.25, 0.3) is 0 Å². The van der Waals surface area contributed by atoms with Gasteiger partial charge in [0.15, 0.2) is 5.58 Å².